The molecule has 19 heavy (non-hydrogen) atoms. The van der Waals surface area contributed by atoms with Crippen LogP contribution in [0.15, 0.2) is 29.2 Å². The molecule has 0 radical (unpaired) electrons. The summed E-state index contributed by atoms with van der Waals surface area (Å²) >= 11 is 1.90. The number of nitrogens with one attached hydrogen (secondary N) is 1. The lowest BCUT2D eigenvalue weighted by Crippen LogP contribution is -2.22. The van der Waals surface area contributed by atoms with Crippen molar-refractivity contribution in [3.63, 3.8) is 0 Å². The molecule has 1 N–H and O–H groups in total. The van der Waals surface area contributed by atoms with Crippen molar-refractivity contribution >= 4 is 11.8 Å². The molecule has 3 heteroatoms. The first-order valence-corrected chi connectivity index (χ1v) is 8.04. The number of rotatable bonds is 8. The largest absolute Gasteiger partial charge is 0.380 e. The maximum absolute atomic E-state index is 5.27. The van der Waals surface area contributed by atoms with Crippen molar-refractivity contribution in [1.82, 2.24) is 5.32 Å². The Bertz CT molecular complexity index is 343. The van der Waals surface area contributed by atoms with Gasteiger partial charge < -0.3 is 10.1 Å². The summed E-state index contributed by atoms with van der Waals surface area (Å²) in [5, 5.41) is 3.38. The number of benzene rings is 1. The fourth-order valence-electron chi connectivity index (χ4n) is 1.71. The fraction of sp³-hybridized carbons (Fsp3) is 0.625. The molecule has 0 heterocycles. The second kappa shape index (κ2) is 8.62. The lowest BCUT2D eigenvalue weighted by atomic mass is 9.87. The Kier molecular flexibility index (Phi) is 7.51. The van der Waals surface area contributed by atoms with Crippen LogP contribution in [-0.4, -0.2) is 32.1 Å². The zero-order chi connectivity index (χ0) is 14.1. The minimum atomic E-state index is 0.240. The topological polar surface area (TPSA) is 21.3 Å². The van der Waals surface area contributed by atoms with Crippen molar-refractivity contribution in [3.8, 4) is 0 Å². The number of hydrogen-bond acceptors (Lipinski definition) is 3. The summed E-state index contributed by atoms with van der Waals surface area (Å²) in [6.45, 7) is 12.3. The average Bonchev–Trinajstić information content (AvgIpc) is 2.37. The summed E-state index contributed by atoms with van der Waals surface area (Å²) in [5.74, 6) is 1.10. The lowest BCUT2D eigenvalue weighted by molar-refractivity contribution is 0.150. The van der Waals surface area contributed by atoms with Crippen LogP contribution >= 0.6 is 11.8 Å². The molecule has 0 atom stereocenters. The first-order chi connectivity index (χ1) is 9.04. The quantitative estimate of drug-likeness (QED) is 0.580. The van der Waals surface area contributed by atoms with E-state index in [0.29, 0.717) is 0 Å². The van der Waals surface area contributed by atoms with E-state index in [1.54, 1.807) is 0 Å². The lowest BCUT2D eigenvalue weighted by Gasteiger charge is -2.19. The average molecular weight is 281 g/mol. The zero-order valence-corrected chi connectivity index (χ0v) is 13.5. The van der Waals surface area contributed by atoms with Crippen molar-refractivity contribution in [2.75, 3.05) is 32.1 Å². The van der Waals surface area contributed by atoms with Crippen LogP contribution in [0.3, 0.4) is 0 Å². The molecular weight excluding hydrogens is 254 g/mol. The molecule has 0 aliphatic carbocycles. The Hall–Kier alpha value is -0.510. The molecular formula is C16H27NOS. The molecule has 1 rings (SSSR count). The van der Waals surface area contributed by atoms with E-state index < -0.39 is 0 Å². The van der Waals surface area contributed by atoms with Gasteiger partial charge in [0.15, 0.2) is 0 Å². The summed E-state index contributed by atoms with van der Waals surface area (Å²) < 4.78 is 5.27. The molecule has 1 aromatic carbocycles. The van der Waals surface area contributed by atoms with Gasteiger partial charge in [-0.05, 0) is 30.0 Å². The SMILES string of the molecule is CCOCCNCCSc1ccc(C(C)(C)C)cc1. The summed E-state index contributed by atoms with van der Waals surface area (Å²) in [7, 11) is 0. The highest BCUT2D eigenvalue weighted by atomic mass is 32.2. The van der Waals surface area contributed by atoms with Crippen LogP contribution in [0, 0.1) is 0 Å². The van der Waals surface area contributed by atoms with Gasteiger partial charge in [0.05, 0.1) is 6.61 Å². The molecule has 0 aliphatic heterocycles. The van der Waals surface area contributed by atoms with Crippen molar-refractivity contribution in [1.29, 1.82) is 0 Å². The predicted octanol–water partition coefficient (Wildman–Crippen LogP) is 3.70. The third kappa shape index (κ3) is 7.00. The highest BCUT2D eigenvalue weighted by molar-refractivity contribution is 7.99. The molecule has 0 amide bonds. The number of hydrogen-bond donors (Lipinski definition) is 1. The normalized spacial score (nSPS) is 11.8. The Morgan fingerprint density at radius 1 is 1.11 bits per heavy atom. The maximum atomic E-state index is 5.27. The molecule has 0 spiro atoms. The maximum Gasteiger partial charge on any atom is 0.0590 e. The van der Waals surface area contributed by atoms with Crippen molar-refractivity contribution < 1.29 is 4.74 Å². The first-order valence-electron chi connectivity index (χ1n) is 7.06. The van der Waals surface area contributed by atoms with Gasteiger partial charge in [-0.25, -0.2) is 0 Å². The van der Waals surface area contributed by atoms with E-state index in [2.05, 4.69) is 50.4 Å². The van der Waals surface area contributed by atoms with Crippen LogP contribution in [-0.2, 0) is 10.2 Å². The van der Waals surface area contributed by atoms with Gasteiger partial charge in [0, 0.05) is 30.3 Å². The molecule has 0 saturated carbocycles. The summed E-state index contributed by atoms with van der Waals surface area (Å²) in [5.41, 5.74) is 1.64. The van der Waals surface area contributed by atoms with Gasteiger partial charge in [0.1, 0.15) is 0 Å². The van der Waals surface area contributed by atoms with E-state index in [9.17, 15) is 0 Å². The van der Waals surface area contributed by atoms with E-state index in [1.165, 1.54) is 10.5 Å². The molecule has 0 saturated heterocycles. The van der Waals surface area contributed by atoms with E-state index >= 15 is 0 Å². The minimum Gasteiger partial charge on any atom is -0.380 e. The van der Waals surface area contributed by atoms with Gasteiger partial charge in [-0.1, -0.05) is 32.9 Å². The third-order valence-corrected chi connectivity index (χ3v) is 3.91. The molecule has 0 aromatic heterocycles. The Morgan fingerprint density at radius 2 is 1.79 bits per heavy atom. The second-order valence-corrected chi connectivity index (χ2v) is 6.74. The van der Waals surface area contributed by atoms with Gasteiger partial charge in [0.25, 0.3) is 0 Å². The first kappa shape index (κ1) is 16.5. The van der Waals surface area contributed by atoms with Crippen molar-refractivity contribution in [2.24, 2.45) is 0 Å². The van der Waals surface area contributed by atoms with Gasteiger partial charge in [-0.2, -0.15) is 0 Å². The smallest absolute Gasteiger partial charge is 0.0590 e. The van der Waals surface area contributed by atoms with Gasteiger partial charge in [0.2, 0.25) is 0 Å². The van der Waals surface area contributed by atoms with Crippen molar-refractivity contribution in [3.05, 3.63) is 29.8 Å². The Balaban J connectivity index is 2.20. The van der Waals surface area contributed by atoms with Gasteiger partial charge in [-0.15, -0.1) is 11.8 Å². The highest BCUT2D eigenvalue weighted by Gasteiger charge is 2.12. The standard InChI is InChI=1S/C16H27NOS/c1-5-18-12-10-17-11-13-19-15-8-6-14(7-9-15)16(2,3)4/h6-9,17H,5,10-13H2,1-4H3. The summed E-state index contributed by atoms with van der Waals surface area (Å²) in [6, 6.07) is 8.94. The van der Waals surface area contributed by atoms with E-state index in [1.807, 2.05) is 18.7 Å². The molecule has 0 unspecified atom stereocenters. The monoisotopic (exact) mass is 281 g/mol. The van der Waals surface area contributed by atoms with Gasteiger partial charge >= 0.3 is 0 Å². The molecule has 108 valence electrons. The third-order valence-electron chi connectivity index (χ3n) is 2.90. The number of thioether (sulfide) groups is 1. The van der Waals surface area contributed by atoms with E-state index in [4.69, 9.17) is 4.74 Å². The summed E-state index contributed by atoms with van der Waals surface area (Å²) in [6.07, 6.45) is 0. The molecule has 0 bridgehead atoms. The Morgan fingerprint density at radius 3 is 2.37 bits per heavy atom. The molecule has 0 aliphatic rings. The second-order valence-electron chi connectivity index (χ2n) is 5.57. The fourth-order valence-corrected chi connectivity index (χ4v) is 2.52. The van der Waals surface area contributed by atoms with Crippen LogP contribution in [0.4, 0.5) is 0 Å². The minimum absolute atomic E-state index is 0.240. The molecule has 1 aromatic rings. The van der Waals surface area contributed by atoms with Crippen LogP contribution < -0.4 is 5.32 Å². The van der Waals surface area contributed by atoms with E-state index in [-0.39, 0.29) is 5.41 Å². The zero-order valence-electron chi connectivity index (χ0n) is 12.7. The van der Waals surface area contributed by atoms with Crippen molar-refractivity contribution in [2.45, 2.75) is 38.0 Å². The van der Waals surface area contributed by atoms with Crippen LogP contribution in [0.1, 0.15) is 33.3 Å². The Labute approximate surface area is 122 Å². The number of ether oxygens (including phenoxy) is 1. The molecule has 2 nitrogen and oxygen atoms in total. The van der Waals surface area contributed by atoms with Crippen LogP contribution in [0.5, 0.6) is 0 Å². The van der Waals surface area contributed by atoms with Crippen LogP contribution in [0.25, 0.3) is 0 Å². The highest BCUT2D eigenvalue weighted by Crippen LogP contribution is 2.25. The van der Waals surface area contributed by atoms with Crippen LogP contribution in [0.2, 0.25) is 0 Å². The van der Waals surface area contributed by atoms with E-state index in [0.717, 1.165) is 32.1 Å². The molecule has 0 fully saturated rings. The van der Waals surface area contributed by atoms with Gasteiger partial charge in [-0.3, -0.25) is 0 Å². The predicted molar refractivity (Wildman–Crippen MR) is 85.2 cm³/mol. The summed E-state index contributed by atoms with van der Waals surface area (Å²) in [4.78, 5) is 1.35.